The molecule has 1 aromatic rings. The van der Waals surface area contributed by atoms with Crippen LogP contribution in [0.4, 0.5) is 0 Å². The van der Waals surface area contributed by atoms with Gasteiger partial charge in [0.1, 0.15) is 11.9 Å². The van der Waals surface area contributed by atoms with Gasteiger partial charge in [0.2, 0.25) is 0 Å². The fourth-order valence-electron chi connectivity index (χ4n) is 4.12. The van der Waals surface area contributed by atoms with E-state index in [0.29, 0.717) is 0 Å². The van der Waals surface area contributed by atoms with Crippen molar-refractivity contribution in [3.8, 4) is 5.75 Å². The summed E-state index contributed by atoms with van der Waals surface area (Å²) in [5.74, 6) is 0.968. The molecule has 0 bridgehead atoms. The molecule has 2 aliphatic carbocycles. The molecule has 21 heavy (non-hydrogen) atoms. The van der Waals surface area contributed by atoms with Gasteiger partial charge in [0.15, 0.2) is 0 Å². The molecule has 2 saturated carbocycles. The van der Waals surface area contributed by atoms with Gasteiger partial charge in [0.05, 0.1) is 6.10 Å². The maximum atomic E-state index is 10.3. The summed E-state index contributed by atoms with van der Waals surface area (Å²) in [5.41, 5.74) is 1.42. The van der Waals surface area contributed by atoms with Gasteiger partial charge in [-0.15, -0.1) is 0 Å². The Morgan fingerprint density at radius 2 is 1.76 bits per heavy atom. The fraction of sp³-hybridized carbons (Fsp3) is 0.684. The third-order valence-corrected chi connectivity index (χ3v) is 5.52. The Balaban J connectivity index is 1.66. The average Bonchev–Trinajstić information content (AvgIpc) is 2.77. The van der Waals surface area contributed by atoms with E-state index in [9.17, 15) is 5.11 Å². The van der Waals surface area contributed by atoms with Crippen molar-refractivity contribution in [2.45, 2.75) is 76.9 Å². The van der Waals surface area contributed by atoms with Crippen molar-refractivity contribution in [3.05, 3.63) is 29.8 Å². The van der Waals surface area contributed by atoms with Crippen LogP contribution in [0.25, 0.3) is 0 Å². The molecule has 0 amide bonds. The SMILES string of the molecule is CCCc1ccc(OC2CC(O)C23CCCCCC3)cc1. The summed E-state index contributed by atoms with van der Waals surface area (Å²) < 4.78 is 6.24. The van der Waals surface area contributed by atoms with Gasteiger partial charge in [0.25, 0.3) is 0 Å². The summed E-state index contributed by atoms with van der Waals surface area (Å²) >= 11 is 0. The molecule has 0 aromatic heterocycles. The quantitative estimate of drug-likeness (QED) is 0.884. The standard InChI is InChI=1S/C19H28O2/c1-2-7-15-8-10-16(11-9-15)21-18-14-17(20)19(18)12-5-3-4-6-13-19/h8-11,17-18,20H,2-7,12-14H2,1H3. The second kappa shape index (κ2) is 6.39. The average molecular weight is 288 g/mol. The van der Waals surface area contributed by atoms with Crippen LogP contribution in [0.15, 0.2) is 24.3 Å². The Labute approximate surface area is 128 Å². The molecule has 1 N–H and O–H groups in total. The molecule has 116 valence electrons. The van der Waals surface area contributed by atoms with E-state index in [4.69, 9.17) is 4.74 Å². The topological polar surface area (TPSA) is 29.5 Å². The first-order chi connectivity index (χ1) is 10.2. The van der Waals surface area contributed by atoms with Crippen molar-refractivity contribution in [2.75, 3.05) is 0 Å². The van der Waals surface area contributed by atoms with Crippen molar-refractivity contribution in [1.29, 1.82) is 0 Å². The molecular formula is C19H28O2. The molecule has 2 nitrogen and oxygen atoms in total. The number of rotatable bonds is 4. The Morgan fingerprint density at radius 3 is 2.33 bits per heavy atom. The van der Waals surface area contributed by atoms with Gasteiger partial charge >= 0.3 is 0 Å². The van der Waals surface area contributed by atoms with E-state index >= 15 is 0 Å². The maximum Gasteiger partial charge on any atom is 0.119 e. The van der Waals surface area contributed by atoms with Gasteiger partial charge in [-0.25, -0.2) is 0 Å². The fourth-order valence-corrected chi connectivity index (χ4v) is 4.12. The lowest BCUT2D eigenvalue weighted by Gasteiger charge is -2.53. The highest BCUT2D eigenvalue weighted by Gasteiger charge is 2.55. The summed E-state index contributed by atoms with van der Waals surface area (Å²) in [7, 11) is 0. The first-order valence-electron chi connectivity index (χ1n) is 8.68. The van der Waals surface area contributed by atoms with Crippen LogP contribution in [0, 0.1) is 5.41 Å². The van der Waals surface area contributed by atoms with Crippen LogP contribution in [-0.4, -0.2) is 17.3 Å². The van der Waals surface area contributed by atoms with E-state index in [2.05, 4.69) is 31.2 Å². The van der Waals surface area contributed by atoms with Gasteiger partial charge < -0.3 is 9.84 Å². The minimum absolute atomic E-state index is 0.0403. The highest BCUT2D eigenvalue weighted by Crippen LogP contribution is 2.52. The van der Waals surface area contributed by atoms with Crippen LogP contribution in [0.5, 0.6) is 5.75 Å². The summed E-state index contributed by atoms with van der Waals surface area (Å²) in [6.45, 7) is 2.20. The van der Waals surface area contributed by atoms with Crippen LogP contribution in [0.1, 0.15) is 63.9 Å². The highest BCUT2D eigenvalue weighted by molar-refractivity contribution is 5.28. The van der Waals surface area contributed by atoms with Crippen molar-refractivity contribution < 1.29 is 9.84 Å². The summed E-state index contributed by atoms with van der Waals surface area (Å²) in [5, 5.41) is 10.3. The van der Waals surface area contributed by atoms with Gasteiger partial charge in [-0.1, -0.05) is 51.2 Å². The lowest BCUT2D eigenvalue weighted by atomic mass is 9.59. The molecule has 2 atom stereocenters. The number of hydrogen-bond acceptors (Lipinski definition) is 2. The van der Waals surface area contributed by atoms with Crippen molar-refractivity contribution in [2.24, 2.45) is 5.41 Å². The largest absolute Gasteiger partial charge is 0.490 e. The molecular weight excluding hydrogens is 260 g/mol. The first kappa shape index (κ1) is 14.9. The zero-order valence-corrected chi connectivity index (χ0v) is 13.2. The van der Waals surface area contributed by atoms with Gasteiger partial charge in [-0.05, 0) is 37.0 Å². The first-order valence-corrected chi connectivity index (χ1v) is 8.68. The van der Waals surface area contributed by atoms with E-state index in [-0.39, 0.29) is 17.6 Å². The Morgan fingerprint density at radius 1 is 1.10 bits per heavy atom. The molecule has 1 aromatic carbocycles. The molecule has 0 radical (unpaired) electrons. The zero-order valence-electron chi connectivity index (χ0n) is 13.2. The summed E-state index contributed by atoms with van der Waals surface area (Å²) in [4.78, 5) is 0. The molecule has 0 aliphatic heterocycles. The van der Waals surface area contributed by atoms with Crippen LogP contribution >= 0.6 is 0 Å². The smallest absolute Gasteiger partial charge is 0.119 e. The molecule has 2 aliphatic rings. The van der Waals surface area contributed by atoms with Crippen LogP contribution < -0.4 is 4.74 Å². The second-order valence-electron chi connectivity index (χ2n) is 6.90. The number of aliphatic hydroxyl groups excluding tert-OH is 1. The third-order valence-electron chi connectivity index (χ3n) is 5.52. The lowest BCUT2D eigenvalue weighted by Crippen LogP contribution is -2.59. The van der Waals surface area contributed by atoms with E-state index < -0.39 is 0 Å². The lowest BCUT2D eigenvalue weighted by molar-refractivity contribution is -0.163. The monoisotopic (exact) mass is 288 g/mol. The molecule has 1 spiro atoms. The number of hydrogen-bond donors (Lipinski definition) is 1. The number of aliphatic hydroxyl groups is 1. The van der Waals surface area contributed by atoms with Crippen molar-refractivity contribution in [1.82, 2.24) is 0 Å². The highest BCUT2D eigenvalue weighted by atomic mass is 16.5. The summed E-state index contributed by atoms with van der Waals surface area (Å²) in [6.07, 6.45) is 10.5. The molecule has 0 heterocycles. The molecule has 2 unspecified atom stereocenters. The molecule has 2 fully saturated rings. The van der Waals surface area contributed by atoms with Gasteiger partial charge in [-0.2, -0.15) is 0 Å². The normalized spacial score (nSPS) is 27.9. The number of aryl methyl sites for hydroxylation is 1. The van der Waals surface area contributed by atoms with E-state index in [1.807, 2.05) is 0 Å². The minimum Gasteiger partial charge on any atom is -0.490 e. The molecule has 3 rings (SSSR count). The predicted molar refractivity (Wildman–Crippen MR) is 85.6 cm³/mol. The van der Waals surface area contributed by atoms with E-state index in [1.54, 1.807) is 0 Å². The van der Waals surface area contributed by atoms with Crippen LogP contribution in [0.2, 0.25) is 0 Å². The van der Waals surface area contributed by atoms with Gasteiger partial charge in [-0.3, -0.25) is 0 Å². The second-order valence-corrected chi connectivity index (χ2v) is 6.90. The molecule has 0 saturated heterocycles. The third kappa shape index (κ3) is 2.96. The van der Waals surface area contributed by atoms with Crippen LogP contribution in [-0.2, 0) is 6.42 Å². The Hall–Kier alpha value is -1.02. The predicted octanol–water partition coefficient (Wildman–Crippen LogP) is 4.49. The molecule has 2 heteroatoms. The van der Waals surface area contributed by atoms with E-state index in [1.165, 1.54) is 37.7 Å². The van der Waals surface area contributed by atoms with Crippen molar-refractivity contribution >= 4 is 0 Å². The minimum atomic E-state index is -0.153. The van der Waals surface area contributed by atoms with E-state index in [0.717, 1.165) is 31.4 Å². The Kier molecular flexibility index (Phi) is 4.54. The van der Waals surface area contributed by atoms with Crippen LogP contribution in [0.3, 0.4) is 0 Å². The van der Waals surface area contributed by atoms with Gasteiger partial charge in [0, 0.05) is 11.8 Å². The summed E-state index contributed by atoms with van der Waals surface area (Å²) in [6, 6.07) is 8.54. The van der Waals surface area contributed by atoms with Crippen molar-refractivity contribution in [3.63, 3.8) is 0 Å². The number of ether oxygens (including phenoxy) is 1. The Bertz CT molecular complexity index is 443. The number of benzene rings is 1. The zero-order chi connectivity index (χ0) is 14.7. The maximum absolute atomic E-state index is 10.3.